The molecule has 1 aromatic carbocycles. The Hall–Kier alpha value is -2.69. The van der Waals surface area contributed by atoms with Gasteiger partial charge in [-0.3, -0.25) is 9.78 Å². The molecule has 5 heteroatoms. The average Bonchev–Trinajstić information content (AvgIpc) is 2.53. The zero-order chi connectivity index (χ0) is 14.8. The van der Waals surface area contributed by atoms with Gasteiger partial charge >= 0.3 is 5.97 Å². The first kappa shape index (κ1) is 13.3. The maximum Gasteiger partial charge on any atom is 0.326 e. The van der Waals surface area contributed by atoms with Crippen LogP contribution in [-0.2, 0) is 17.8 Å². The molecule has 21 heavy (non-hydrogen) atoms. The molecule has 1 amide bonds. The van der Waals surface area contributed by atoms with E-state index in [4.69, 9.17) is 0 Å². The fourth-order valence-corrected chi connectivity index (χ4v) is 2.61. The monoisotopic (exact) mass is 282 g/mol. The summed E-state index contributed by atoms with van der Waals surface area (Å²) in [6.45, 7) is 0.306. The van der Waals surface area contributed by atoms with E-state index in [1.54, 1.807) is 18.3 Å². The predicted octanol–water partition coefficient (Wildman–Crippen LogP) is 1.73. The molecule has 0 spiro atoms. The molecule has 1 aromatic heterocycles. The van der Waals surface area contributed by atoms with E-state index >= 15 is 0 Å². The smallest absolute Gasteiger partial charge is 0.326 e. The molecule has 0 bridgehead atoms. The van der Waals surface area contributed by atoms with E-state index < -0.39 is 12.0 Å². The van der Waals surface area contributed by atoms with E-state index in [2.05, 4.69) is 4.98 Å². The van der Waals surface area contributed by atoms with Gasteiger partial charge in [0.1, 0.15) is 6.04 Å². The second-order valence-corrected chi connectivity index (χ2v) is 5.00. The number of aromatic nitrogens is 1. The molecule has 0 saturated carbocycles. The Morgan fingerprint density at radius 3 is 2.57 bits per heavy atom. The molecule has 0 radical (unpaired) electrons. The molecule has 2 aromatic rings. The van der Waals surface area contributed by atoms with Crippen molar-refractivity contribution in [3.63, 3.8) is 0 Å². The molecule has 1 aliphatic heterocycles. The SMILES string of the molecule is O=C(O)C1Cc2ccccc2CN1C(=O)c1cccnc1. The van der Waals surface area contributed by atoms with E-state index in [9.17, 15) is 14.7 Å². The van der Waals surface area contributed by atoms with Crippen molar-refractivity contribution in [3.05, 3.63) is 65.5 Å². The van der Waals surface area contributed by atoms with Gasteiger partial charge in [-0.1, -0.05) is 24.3 Å². The third-order valence-electron chi connectivity index (χ3n) is 3.70. The number of nitrogens with zero attached hydrogens (tertiary/aromatic N) is 2. The number of carbonyl (C=O) groups excluding carboxylic acids is 1. The highest BCUT2D eigenvalue weighted by molar-refractivity contribution is 5.96. The minimum Gasteiger partial charge on any atom is -0.480 e. The molecule has 1 atom stereocenters. The molecule has 2 heterocycles. The molecule has 1 unspecified atom stereocenters. The van der Waals surface area contributed by atoms with E-state index in [1.807, 2.05) is 24.3 Å². The Kier molecular flexibility index (Phi) is 3.39. The third-order valence-corrected chi connectivity index (χ3v) is 3.70. The quantitative estimate of drug-likeness (QED) is 0.910. The highest BCUT2D eigenvalue weighted by Gasteiger charge is 2.34. The molecule has 106 valence electrons. The topological polar surface area (TPSA) is 70.5 Å². The number of carboxylic acid groups (broad SMARTS) is 1. The Morgan fingerprint density at radius 2 is 1.90 bits per heavy atom. The van der Waals surface area contributed by atoms with Gasteiger partial charge in [0, 0.05) is 25.4 Å². The van der Waals surface area contributed by atoms with Gasteiger partial charge in [-0.25, -0.2) is 4.79 Å². The average molecular weight is 282 g/mol. The van der Waals surface area contributed by atoms with Crippen molar-refractivity contribution in [1.82, 2.24) is 9.88 Å². The zero-order valence-corrected chi connectivity index (χ0v) is 11.3. The fourth-order valence-electron chi connectivity index (χ4n) is 2.61. The summed E-state index contributed by atoms with van der Waals surface area (Å²) in [7, 11) is 0. The number of amides is 1. The predicted molar refractivity (Wildman–Crippen MR) is 75.7 cm³/mol. The van der Waals surface area contributed by atoms with Crippen LogP contribution in [0, 0.1) is 0 Å². The lowest BCUT2D eigenvalue weighted by Crippen LogP contribution is -2.48. The van der Waals surface area contributed by atoms with Crippen LogP contribution in [-0.4, -0.2) is 32.9 Å². The first-order valence-corrected chi connectivity index (χ1v) is 6.67. The number of carbonyl (C=O) groups is 2. The normalized spacial score (nSPS) is 17.1. The van der Waals surface area contributed by atoms with Gasteiger partial charge in [-0.2, -0.15) is 0 Å². The molecule has 0 aliphatic carbocycles. The van der Waals surface area contributed by atoms with Crippen molar-refractivity contribution in [1.29, 1.82) is 0 Å². The number of carboxylic acids is 1. The van der Waals surface area contributed by atoms with Gasteiger partial charge in [0.15, 0.2) is 0 Å². The largest absolute Gasteiger partial charge is 0.480 e. The van der Waals surface area contributed by atoms with Gasteiger partial charge < -0.3 is 10.0 Å². The molecule has 3 rings (SSSR count). The Bertz CT molecular complexity index is 685. The summed E-state index contributed by atoms with van der Waals surface area (Å²) in [6.07, 6.45) is 3.37. The van der Waals surface area contributed by atoms with Gasteiger partial charge in [-0.05, 0) is 23.3 Å². The highest BCUT2D eigenvalue weighted by Crippen LogP contribution is 2.25. The van der Waals surface area contributed by atoms with Gasteiger partial charge in [0.05, 0.1) is 5.56 Å². The molecular formula is C16H14N2O3. The molecule has 0 fully saturated rings. The summed E-state index contributed by atoms with van der Waals surface area (Å²) < 4.78 is 0. The number of hydrogen-bond donors (Lipinski definition) is 1. The third kappa shape index (κ3) is 2.50. The van der Waals surface area contributed by atoms with Crippen molar-refractivity contribution in [2.75, 3.05) is 0 Å². The van der Waals surface area contributed by atoms with Gasteiger partial charge in [0.2, 0.25) is 0 Å². The standard InChI is InChI=1S/C16H14N2O3/c19-15(12-6-3-7-17-9-12)18-10-13-5-2-1-4-11(13)8-14(18)16(20)21/h1-7,9,14H,8,10H2,(H,20,21). The van der Waals surface area contributed by atoms with E-state index in [0.717, 1.165) is 11.1 Å². The maximum atomic E-state index is 12.5. The Balaban J connectivity index is 1.96. The number of rotatable bonds is 2. The van der Waals surface area contributed by atoms with Crippen LogP contribution in [0.25, 0.3) is 0 Å². The summed E-state index contributed by atoms with van der Waals surface area (Å²) in [6, 6.07) is 10.1. The number of benzene rings is 1. The van der Waals surface area contributed by atoms with Crippen LogP contribution in [0.2, 0.25) is 0 Å². The van der Waals surface area contributed by atoms with Crippen LogP contribution in [0.15, 0.2) is 48.8 Å². The second-order valence-electron chi connectivity index (χ2n) is 5.00. The maximum absolute atomic E-state index is 12.5. The summed E-state index contributed by atoms with van der Waals surface area (Å²) in [5.41, 5.74) is 2.38. The van der Waals surface area contributed by atoms with Gasteiger partial charge in [-0.15, -0.1) is 0 Å². The van der Waals surface area contributed by atoms with Gasteiger partial charge in [0.25, 0.3) is 5.91 Å². The van der Waals surface area contributed by atoms with Crippen molar-refractivity contribution in [2.24, 2.45) is 0 Å². The first-order valence-electron chi connectivity index (χ1n) is 6.67. The summed E-state index contributed by atoms with van der Waals surface area (Å²) in [4.78, 5) is 29.4. The van der Waals surface area contributed by atoms with Crippen LogP contribution in [0.3, 0.4) is 0 Å². The highest BCUT2D eigenvalue weighted by atomic mass is 16.4. The number of aliphatic carboxylic acids is 1. The van der Waals surface area contributed by atoms with Crippen molar-refractivity contribution in [2.45, 2.75) is 19.0 Å². The molecule has 1 N–H and O–H groups in total. The molecule has 0 saturated heterocycles. The van der Waals surface area contributed by atoms with E-state index in [-0.39, 0.29) is 5.91 Å². The molecular weight excluding hydrogens is 268 g/mol. The van der Waals surface area contributed by atoms with E-state index in [1.165, 1.54) is 11.1 Å². The lowest BCUT2D eigenvalue weighted by Gasteiger charge is -2.34. The minimum absolute atomic E-state index is 0.301. The van der Waals surface area contributed by atoms with Crippen molar-refractivity contribution in [3.8, 4) is 0 Å². The zero-order valence-electron chi connectivity index (χ0n) is 11.3. The number of hydrogen-bond acceptors (Lipinski definition) is 3. The lowest BCUT2D eigenvalue weighted by molar-refractivity contribution is -0.142. The second kappa shape index (κ2) is 5.36. The number of fused-ring (bicyclic) bond motifs is 1. The molecule has 5 nitrogen and oxygen atoms in total. The van der Waals surface area contributed by atoms with Crippen LogP contribution in [0.5, 0.6) is 0 Å². The summed E-state index contributed by atoms with van der Waals surface area (Å²) in [5, 5.41) is 9.42. The van der Waals surface area contributed by atoms with Crippen LogP contribution >= 0.6 is 0 Å². The Morgan fingerprint density at radius 1 is 1.14 bits per heavy atom. The van der Waals surface area contributed by atoms with Crippen molar-refractivity contribution >= 4 is 11.9 Å². The summed E-state index contributed by atoms with van der Waals surface area (Å²) >= 11 is 0. The Labute approximate surface area is 121 Å². The fraction of sp³-hybridized carbons (Fsp3) is 0.188. The van der Waals surface area contributed by atoms with Crippen LogP contribution < -0.4 is 0 Å². The number of pyridine rings is 1. The summed E-state index contributed by atoms with van der Waals surface area (Å²) in [5.74, 6) is -1.29. The minimum atomic E-state index is -0.984. The van der Waals surface area contributed by atoms with Crippen LogP contribution in [0.4, 0.5) is 0 Å². The van der Waals surface area contributed by atoms with E-state index in [0.29, 0.717) is 18.5 Å². The first-order chi connectivity index (χ1) is 10.2. The lowest BCUT2D eigenvalue weighted by atomic mass is 9.93. The van der Waals surface area contributed by atoms with Crippen molar-refractivity contribution < 1.29 is 14.7 Å². The molecule has 1 aliphatic rings. The van der Waals surface area contributed by atoms with Crippen LogP contribution in [0.1, 0.15) is 21.5 Å².